The van der Waals surface area contributed by atoms with Crippen molar-refractivity contribution in [2.24, 2.45) is 22.9 Å². The highest BCUT2D eigenvalue weighted by molar-refractivity contribution is 9.10. The maximum Gasteiger partial charge on any atom is 0.328 e. The smallest absolute Gasteiger partial charge is 0.328 e. The van der Waals surface area contributed by atoms with Crippen LogP contribution in [-0.4, -0.2) is 63.4 Å². The minimum absolute atomic E-state index is 0.00617. The second-order valence-corrected chi connectivity index (χ2v) is 18.8. The number of Topliss-reactive ketones (excluding diaryl/α,β-unsaturated/α-hetero) is 1. The van der Waals surface area contributed by atoms with Crippen LogP contribution in [-0.2, 0) is 26.2 Å². The molecule has 0 atom stereocenters. The van der Waals surface area contributed by atoms with Crippen molar-refractivity contribution in [2.75, 3.05) is 24.7 Å². The van der Waals surface area contributed by atoms with Crippen molar-refractivity contribution in [3.8, 4) is 22.6 Å². The summed E-state index contributed by atoms with van der Waals surface area (Å²) < 4.78 is 7.01. The summed E-state index contributed by atoms with van der Waals surface area (Å²) in [6.07, 6.45) is 13.2. The van der Waals surface area contributed by atoms with Crippen LogP contribution in [0.3, 0.4) is 0 Å². The van der Waals surface area contributed by atoms with Crippen molar-refractivity contribution in [1.29, 1.82) is 0 Å². The van der Waals surface area contributed by atoms with Gasteiger partial charge in [0.1, 0.15) is 23.0 Å². The van der Waals surface area contributed by atoms with Gasteiger partial charge in [0.25, 0.3) is 5.91 Å². The first kappa shape index (κ1) is 40.9. The zero-order chi connectivity index (χ0) is 38.8. The predicted molar refractivity (Wildman–Crippen MR) is 224 cm³/mol. The standard InChI is InChI=1S/C43H49BrN2O7S2/c44-37-22-29(7-12-39(37)48)23-38(46-52)42(51)45-15-18-55-54-17-2-4-35(47)3-1-16-53-40-13-11-34(33-9-5-28(6-10-33)8-14-41(49)50)24-36(40)43-25-30-19-31(26-43)21-32(20-30)27-43/h5-14,22,24,30-32,48,52H,1-4,15-21,23,25-27H2,(H,45,51)(H,49,50)/b14-8+,46-38-. The van der Waals surface area contributed by atoms with Gasteiger partial charge in [-0.25, -0.2) is 4.79 Å². The number of ketones is 1. The van der Waals surface area contributed by atoms with Gasteiger partial charge in [0.2, 0.25) is 0 Å². The van der Waals surface area contributed by atoms with E-state index in [-0.39, 0.29) is 29.1 Å². The molecule has 4 aliphatic rings. The van der Waals surface area contributed by atoms with Crippen molar-refractivity contribution in [1.82, 2.24) is 5.32 Å². The molecular formula is C43H49BrN2O7S2. The quantitative estimate of drug-likeness (QED) is 0.0218. The Bertz CT molecular complexity index is 1860. The van der Waals surface area contributed by atoms with Gasteiger partial charge in [0, 0.05) is 49.0 Å². The van der Waals surface area contributed by atoms with Crippen molar-refractivity contribution in [3.63, 3.8) is 0 Å². The molecule has 12 heteroatoms. The lowest BCUT2D eigenvalue weighted by Crippen LogP contribution is -2.48. The van der Waals surface area contributed by atoms with E-state index in [1.165, 1.54) is 50.2 Å². The van der Waals surface area contributed by atoms with E-state index in [1.807, 2.05) is 12.1 Å². The molecule has 0 saturated heterocycles. The van der Waals surface area contributed by atoms with E-state index < -0.39 is 11.9 Å². The average Bonchev–Trinajstić information content (AvgIpc) is 3.16. The molecule has 7 rings (SSSR count). The monoisotopic (exact) mass is 848 g/mol. The molecule has 4 saturated carbocycles. The maximum absolute atomic E-state index is 12.7. The predicted octanol–water partition coefficient (Wildman–Crippen LogP) is 9.47. The number of carbonyl (C=O) groups excluding carboxylic acids is 2. The lowest BCUT2D eigenvalue weighted by Gasteiger charge is -2.57. The number of ether oxygens (including phenoxy) is 1. The van der Waals surface area contributed by atoms with Gasteiger partial charge in [0.15, 0.2) is 0 Å². The van der Waals surface area contributed by atoms with Gasteiger partial charge in [-0.2, -0.15) is 0 Å². The molecule has 9 nitrogen and oxygen atoms in total. The van der Waals surface area contributed by atoms with Crippen LogP contribution in [0.15, 0.2) is 76.4 Å². The molecule has 4 bridgehead atoms. The largest absolute Gasteiger partial charge is 0.507 e. The van der Waals surface area contributed by atoms with Gasteiger partial charge in [-0.05, 0) is 143 Å². The molecule has 4 fully saturated rings. The molecule has 0 heterocycles. The molecule has 4 N–H and O–H groups in total. The van der Waals surface area contributed by atoms with Gasteiger partial charge in [-0.15, -0.1) is 0 Å². The number of amides is 1. The van der Waals surface area contributed by atoms with Crippen LogP contribution in [0.2, 0.25) is 0 Å². The second-order valence-electron chi connectivity index (χ2n) is 15.2. The Labute approximate surface area is 339 Å². The summed E-state index contributed by atoms with van der Waals surface area (Å²) >= 11 is 3.25. The topological polar surface area (TPSA) is 146 Å². The third-order valence-electron chi connectivity index (χ3n) is 11.1. The minimum atomic E-state index is -0.962. The van der Waals surface area contributed by atoms with Crippen molar-refractivity contribution in [2.45, 2.75) is 76.0 Å². The number of phenolic OH excluding ortho intramolecular Hbond substituents is 1. The zero-order valence-electron chi connectivity index (χ0n) is 30.9. The normalized spacial score (nSPS) is 21.5. The Morgan fingerprint density at radius 1 is 0.891 bits per heavy atom. The Morgan fingerprint density at radius 2 is 1.56 bits per heavy atom. The van der Waals surface area contributed by atoms with Crippen LogP contribution in [0.5, 0.6) is 11.5 Å². The Balaban J connectivity index is 0.921. The summed E-state index contributed by atoms with van der Waals surface area (Å²) in [7, 11) is 3.31. The fourth-order valence-electron chi connectivity index (χ4n) is 8.99. The molecule has 3 aromatic carbocycles. The van der Waals surface area contributed by atoms with E-state index >= 15 is 0 Å². The third-order valence-corrected chi connectivity index (χ3v) is 14.2. The molecular weight excluding hydrogens is 801 g/mol. The molecule has 0 aromatic heterocycles. The van der Waals surface area contributed by atoms with E-state index in [9.17, 15) is 24.7 Å². The first-order valence-corrected chi connectivity index (χ1v) is 22.4. The van der Waals surface area contributed by atoms with Gasteiger partial charge in [-0.1, -0.05) is 63.1 Å². The van der Waals surface area contributed by atoms with Gasteiger partial charge in [-0.3, -0.25) is 9.59 Å². The van der Waals surface area contributed by atoms with E-state index in [4.69, 9.17) is 9.84 Å². The summed E-state index contributed by atoms with van der Waals surface area (Å²) in [5, 5.41) is 33.9. The third kappa shape index (κ3) is 11.2. The number of hydrogen-bond donors (Lipinski definition) is 4. The number of halogens is 1. The van der Waals surface area contributed by atoms with Gasteiger partial charge < -0.3 is 25.5 Å². The van der Waals surface area contributed by atoms with Crippen molar-refractivity contribution < 1.29 is 34.5 Å². The number of aliphatic carboxylic acids is 1. The second kappa shape index (κ2) is 19.4. The Hall–Kier alpha value is -3.74. The van der Waals surface area contributed by atoms with Crippen molar-refractivity contribution >= 4 is 67.0 Å². The van der Waals surface area contributed by atoms with Crippen molar-refractivity contribution in [3.05, 3.63) is 87.9 Å². The molecule has 0 spiro atoms. The Kier molecular flexibility index (Phi) is 14.4. The van der Waals surface area contributed by atoms with Crippen LogP contribution >= 0.6 is 37.5 Å². The fraction of sp³-hybridized carbons (Fsp3) is 0.442. The number of nitrogens with one attached hydrogen (secondary N) is 1. The summed E-state index contributed by atoms with van der Waals surface area (Å²) in [4.78, 5) is 36.1. The molecule has 292 valence electrons. The molecule has 1 amide bonds. The number of oxime groups is 1. The Morgan fingerprint density at radius 3 is 2.24 bits per heavy atom. The first-order chi connectivity index (χ1) is 26.6. The van der Waals surface area contributed by atoms with Crippen LogP contribution in [0.25, 0.3) is 17.2 Å². The lowest BCUT2D eigenvalue weighted by atomic mass is 9.48. The van der Waals surface area contributed by atoms with Gasteiger partial charge in [0.05, 0.1) is 11.1 Å². The number of hydrogen-bond acceptors (Lipinski definition) is 9. The highest BCUT2D eigenvalue weighted by Gasteiger charge is 2.52. The minimum Gasteiger partial charge on any atom is -0.507 e. The van der Waals surface area contributed by atoms with Gasteiger partial charge >= 0.3 is 5.97 Å². The van der Waals surface area contributed by atoms with E-state index in [1.54, 1.807) is 39.8 Å². The fourth-order valence-corrected chi connectivity index (χ4v) is 11.4. The number of phenols is 1. The van der Waals surface area contributed by atoms with Crippen LogP contribution in [0.1, 0.15) is 80.9 Å². The molecule has 0 unspecified atom stereocenters. The number of carbonyl (C=O) groups is 3. The first-order valence-electron chi connectivity index (χ1n) is 19.1. The number of carboxylic acids is 1. The highest BCUT2D eigenvalue weighted by atomic mass is 79.9. The lowest BCUT2D eigenvalue weighted by molar-refractivity contribution is -0.131. The molecule has 4 aliphatic carbocycles. The molecule has 55 heavy (non-hydrogen) atoms. The molecule has 0 aliphatic heterocycles. The number of aromatic hydroxyl groups is 1. The molecule has 3 aromatic rings. The summed E-state index contributed by atoms with van der Waals surface area (Å²) in [6.45, 7) is 0.919. The summed E-state index contributed by atoms with van der Waals surface area (Å²) in [6, 6.07) is 19.5. The summed E-state index contributed by atoms with van der Waals surface area (Å²) in [5.41, 5.74) is 5.27. The zero-order valence-corrected chi connectivity index (χ0v) is 34.1. The number of carboxylic acid groups (broad SMARTS) is 1. The van der Waals surface area contributed by atoms with E-state index in [0.717, 1.165) is 64.0 Å². The SMILES string of the molecule is O=C(O)/C=C/c1ccc(-c2ccc(OCCCC(=O)CCCSSCCNC(=O)/C(Cc3ccc(O)c(Br)c3)=N\O)c(C34CC5CC(CC(C5)C3)C4)c2)cc1. The number of rotatable bonds is 20. The number of benzene rings is 3. The maximum atomic E-state index is 12.7. The average molecular weight is 850 g/mol. The highest BCUT2D eigenvalue weighted by Crippen LogP contribution is 2.62. The van der Waals surface area contributed by atoms with E-state index in [2.05, 4.69) is 56.7 Å². The summed E-state index contributed by atoms with van der Waals surface area (Å²) in [5.74, 6) is 3.79. The van der Waals surface area contributed by atoms with Crippen LogP contribution in [0, 0.1) is 17.8 Å². The van der Waals surface area contributed by atoms with E-state index in [0.29, 0.717) is 42.6 Å². The van der Waals surface area contributed by atoms with Crippen LogP contribution < -0.4 is 10.1 Å². The molecule has 0 radical (unpaired) electrons. The van der Waals surface area contributed by atoms with Crippen LogP contribution in [0.4, 0.5) is 0 Å². The number of nitrogens with zero attached hydrogens (tertiary/aromatic N) is 1.